The van der Waals surface area contributed by atoms with Crippen LogP contribution in [0.3, 0.4) is 0 Å². The summed E-state index contributed by atoms with van der Waals surface area (Å²) in [6, 6.07) is 15.9. The maximum absolute atomic E-state index is 12.9. The van der Waals surface area contributed by atoms with Gasteiger partial charge in [0.1, 0.15) is 6.04 Å². The van der Waals surface area contributed by atoms with Crippen LogP contribution in [-0.4, -0.2) is 29.9 Å². The van der Waals surface area contributed by atoms with Crippen molar-refractivity contribution in [2.75, 3.05) is 18.4 Å². The molecule has 2 aliphatic rings. The summed E-state index contributed by atoms with van der Waals surface area (Å²) < 4.78 is 0. The van der Waals surface area contributed by atoms with E-state index in [1.54, 1.807) is 0 Å². The maximum atomic E-state index is 12.9. The molecule has 2 aromatic rings. The first kappa shape index (κ1) is 15.7. The van der Waals surface area contributed by atoms with E-state index in [-0.39, 0.29) is 17.9 Å². The Hall–Kier alpha value is -1.84. The number of hydrogen-bond donors (Lipinski definition) is 1. The monoisotopic (exact) mass is 340 g/mol. The highest BCUT2D eigenvalue weighted by atomic mass is 35.5. The minimum atomic E-state index is -0.168. The van der Waals surface area contributed by atoms with Gasteiger partial charge in [-0.05, 0) is 55.3 Å². The Kier molecular flexibility index (Phi) is 4.30. The number of likely N-dealkylation sites (tertiary alicyclic amines) is 1. The SMILES string of the molecule is O=C1Nc2ccc(Cl)cc2[C@@H](c2ccccc2)[C@@H]1N1CCCCC1. The van der Waals surface area contributed by atoms with Gasteiger partial charge in [-0.3, -0.25) is 9.69 Å². The molecule has 0 spiro atoms. The summed E-state index contributed by atoms with van der Waals surface area (Å²) >= 11 is 6.27. The fourth-order valence-corrected chi connectivity index (χ4v) is 4.21. The molecule has 2 aliphatic heterocycles. The number of piperidine rings is 1. The van der Waals surface area contributed by atoms with Crippen molar-refractivity contribution in [2.24, 2.45) is 0 Å². The quantitative estimate of drug-likeness (QED) is 0.885. The maximum Gasteiger partial charge on any atom is 0.242 e. The number of halogens is 1. The molecule has 4 heteroatoms. The van der Waals surface area contributed by atoms with Crippen LogP contribution in [0.1, 0.15) is 36.3 Å². The fraction of sp³-hybridized carbons (Fsp3) is 0.350. The van der Waals surface area contributed by atoms with E-state index in [1.165, 1.54) is 12.0 Å². The van der Waals surface area contributed by atoms with E-state index in [0.717, 1.165) is 37.2 Å². The van der Waals surface area contributed by atoms with Gasteiger partial charge in [-0.15, -0.1) is 0 Å². The minimum absolute atomic E-state index is 0.0201. The van der Waals surface area contributed by atoms with Crippen molar-refractivity contribution in [3.63, 3.8) is 0 Å². The van der Waals surface area contributed by atoms with Gasteiger partial charge in [-0.2, -0.15) is 0 Å². The van der Waals surface area contributed by atoms with Crippen LogP contribution in [0, 0.1) is 0 Å². The first-order chi connectivity index (χ1) is 11.7. The van der Waals surface area contributed by atoms with Crippen molar-refractivity contribution in [1.82, 2.24) is 4.90 Å². The third kappa shape index (κ3) is 2.83. The summed E-state index contributed by atoms with van der Waals surface area (Å²) in [5.41, 5.74) is 3.17. The number of carbonyl (C=O) groups excluding carboxylic acids is 1. The molecule has 2 aromatic carbocycles. The number of hydrogen-bond acceptors (Lipinski definition) is 2. The molecule has 3 nitrogen and oxygen atoms in total. The largest absolute Gasteiger partial charge is 0.324 e. The van der Waals surface area contributed by atoms with Crippen LogP contribution in [0.25, 0.3) is 0 Å². The van der Waals surface area contributed by atoms with Gasteiger partial charge < -0.3 is 5.32 Å². The zero-order chi connectivity index (χ0) is 16.5. The van der Waals surface area contributed by atoms with E-state index < -0.39 is 0 Å². The van der Waals surface area contributed by atoms with E-state index >= 15 is 0 Å². The molecule has 4 rings (SSSR count). The topological polar surface area (TPSA) is 32.3 Å². The van der Waals surface area contributed by atoms with Gasteiger partial charge in [0.2, 0.25) is 5.91 Å². The average Bonchev–Trinajstić information content (AvgIpc) is 2.62. The molecule has 2 heterocycles. The third-order valence-corrected chi connectivity index (χ3v) is 5.37. The van der Waals surface area contributed by atoms with Gasteiger partial charge in [-0.1, -0.05) is 48.4 Å². The summed E-state index contributed by atoms with van der Waals surface area (Å²) in [6.45, 7) is 1.97. The normalized spacial score (nSPS) is 24.3. The molecule has 0 bridgehead atoms. The fourth-order valence-electron chi connectivity index (χ4n) is 4.03. The zero-order valence-electron chi connectivity index (χ0n) is 13.5. The average molecular weight is 341 g/mol. The Morgan fingerprint density at radius 1 is 1.00 bits per heavy atom. The lowest BCUT2D eigenvalue weighted by Gasteiger charge is -2.41. The second-order valence-electron chi connectivity index (χ2n) is 6.65. The number of anilines is 1. The number of rotatable bonds is 2. The lowest BCUT2D eigenvalue weighted by Crippen LogP contribution is -2.52. The first-order valence-electron chi connectivity index (χ1n) is 8.63. The highest BCUT2D eigenvalue weighted by Crippen LogP contribution is 2.41. The van der Waals surface area contributed by atoms with E-state index in [2.05, 4.69) is 22.3 Å². The van der Waals surface area contributed by atoms with Crippen LogP contribution < -0.4 is 5.32 Å². The zero-order valence-corrected chi connectivity index (χ0v) is 14.3. The molecule has 124 valence electrons. The molecule has 0 radical (unpaired) electrons. The van der Waals surface area contributed by atoms with Gasteiger partial charge in [0.25, 0.3) is 0 Å². The van der Waals surface area contributed by atoms with Crippen LogP contribution in [0.2, 0.25) is 5.02 Å². The molecule has 1 fully saturated rings. The van der Waals surface area contributed by atoms with Crippen molar-refractivity contribution >= 4 is 23.2 Å². The molecular formula is C20H21ClN2O. The van der Waals surface area contributed by atoms with E-state index in [9.17, 15) is 4.79 Å². The second-order valence-corrected chi connectivity index (χ2v) is 7.09. The third-order valence-electron chi connectivity index (χ3n) is 5.13. The lowest BCUT2D eigenvalue weighted by atomic mass is 9.80. The highest BCUT2D eigenvalue weighted by Gasteiger charge is 2.40. The molecule has 2 atom stereocenters. The predicted octanol–water partition coefficient (Wildman–Crippen LogP) is 4.28. The Balaban J connectivity index is 1.83. The Morgan fingerprint density at radius 3 is 2.50 bits per heavy atom. The molecule has 0 saturated carbocycles. The Morgan fingerprint density at radius 2 is 1.75 bits per heavy atom. The number of nitrogens with one attached hydrogen (secondary N) is 1. The van der Waals surface area contributed by atoms with E-state index in [1.807, 2.05) is 36.4 Å². The van der Waals surface area contributed by atoms with Crippen molar-refractivity contribution in [3.05, 3.63) is 64.7 Å². The second kappa shape index (κ2) is 6.58. The van der Waals surface area contributed by atoms with E-state index in [4.69, 9.17) is 11.6 Å². The summed E-state index contributed by atoms with van der Waals surface area (Å²) in [5, 5.41) is 3.81. The van der Waals surface area contributed by atoms with Crippen LogP contribution >= 0.6 is 11.6 Å². The smallest absolute Gasteiger partial charge is 0.242 e. The van der Waals surface area contributed by atoms with Crippen LogP contribution in [0.5, 0.6) is 0 Å². The number of fused-ring (bicyclic) bond motifs is 1. The van der Waals surface area contributed by atoms with Gasteiger partial charge in [0, 0.05) is 16.6 Å². The summed E-state index contributed by atoms with van der Waals surface area (Å²) in [6.07, 6.45) is 3.57. The van der Waals surface area contributed by atoms with Crippen molar-refractivity contribution in [3.8, 4) is 0 Å². The van der Waals surface area contributed by atoms with Gasteiger partial charge in [0.15, 0.2) is 0 Å². The molecular weight excluding hydrogens is 320 g/mol. The van der Waals surface area contributed by atoms with Gasteiger partial charge in [0.05, 0.1) is 0 Å². The molecule has 0 aromatic heterocycles. The lowest BCUT2D eigenvalue weighted by molar-refractivity contribution is -0.122. The predicted molar refractivity (Wildman–Crippen MR) is 97.6 cm³/mol. The Labute approximate surface area is 147 Å². The molecule has 1 N–H and O–H groups in total. The standard InChI is InChI=1S/C20H21ClN2O/c21-15-9-10-17-16(13-15)18(14-7-3-1-4-8-14)19(20(24)22-17)23-11-5-2-6-12-23/h1,3-4,7-10,13,18-19H,2,5-6,11-12H2,(H,22,24)/t18-,19+/m1/s1. The number of amides is 1. The van der Waals surface area contributed by atoms with Gasteiger partial charge >= 0.3 is 0 Å². The summed E-state index contributed by atoms with van der Waals surface area (Å²) in [7, 11) is 0. The van der Waals surface area contributed by atoms with Crippen molar-refractivity contribution in [1.29, 1.82) is 0 Å². The minimum Gasteiger partial charge on any atom is -0.324 e. The van der Waals surface area contributed by atoms with Crippen LogP contribution in [-0.2, 0) is 4.79 Å². The molecule has 24 heavy (non-hydrogen) atoms. The molecule has 0 aliphatic carbocycles. The summed E-state index contributed by atoms with van der Waals surface area (Å²) in [5.74, 6) is 0.118. The van der Waals surface area contributed by atoms with Crippen LogP contribution in [0.4, 0.5) is 5.69 Å². The molecule has 1 amide bonds. The van der Waals surface area contributed by atoms with Gasteiger partial charge in [-0.25, -0.2) is 0 Å². The molecule has 0 unspecified atom stereocenters. The first-order valence-corrected chi connectivity index (χ1v) is 9.01. The number of nitrogens with zero attached hydrogens (tertiary/aromatic N) is 1. The van der Waals surface area contributed by atoms with E-state index in [0.29, 0.717) is 5.02 Å². The highest BCUT2D eigenvalue weighted by molar-refractivity contribution is 6.30. The van der Waals surface area contributed by atoms with Crippen LogP contribution in [0.15, 0.2) is 48.5 Å². The number of carbonyl (C=O) groups is 1. The molecule has 1 saturated heterocycles. The van der Waals surface area contributed by atoms with Crippen molar-refractivity contribution < 1.29 is 4.79 Å². The van der Waals surface area contributed by atoms with Crippen molar-refractivity contribution in [2.45, 2.75) is 31.2 Å². The Bertz CT molecular complexity index is 741. The summed E-state index contributed by atoms with van der Waals surface area (Å²) in [4.78, 5) is 15.3. The number of benzene rings is 2.